The van der Waals surface area contributed by atoms with E-state index in [1.165, 1.54) is 250 Å². The molecule has 0 spiro atoms. The van der Waals surface area contributed by atoms with E-state index in [0.717, 1.165) is 44.9 Å². The number of aliphatic hydroxyl groups excluding tert-OH is 2. The summed E-state index contributed by atoms with van der Waals surface area (Å²) in [6.07, 6.45) is 68.9. The van der Waals surface area contributed by atoms with Crippen molar-refractivity contribution >= 4 is 11.9 Å². The van der Waals surface area contributed by atoms with E-state index in [9.17, 15) is 19.8 Å². The Morgan fingerprint density at radius 2 is 0.701 bits per heavy atom. The van der Waals surface area contributed by atoms with Crippen LogP contribution in [0.25, 0.3) is 0 Å². The third kappa shape index (κ3) is 53.5. The molecule has 0 radical (unpaired) electrons. The quantitative estimate of drug-likeness (QED) is 0.0321. The van der Waals surface area contributed by atoms with Crippen molar-refractivity contribution in [3.63, 3.8) is 0 Å². The molecule has 6 heteroatoms. The monoisotopic (exact) mass is 944 g/mol. The minimum absolute atomic E-state index is 0.00133. The molecular weight excluding hydrogens is 827 g/mol. The Hall–Kier alpha value is -1.66. The summed E-state index contributed by atoms with van der Waals surface area (Å²) in [7, 11) is 0. The fourth-order valence-electron chi connectivity index (χ4n) is 9.34. The molecule has 67 heavy (non-hydrogen) atoms. The SMILES string of the molecule is CCCCCCCCC/C=C\CCCCCCCCCC(=O)OCCCCCCCCCC/C=C\CCCCCCCCCC(=O)NC(CO)C(O)CCCCCCCCCCCCCCC. The smallest absolute Gasteiger partial charge is 0.305 e. The molecule has 0 aliphatic rings. The molecule has 2 atom stereocenters. The normalized spacial score (nSPS) is 12.7. The number of aliphatic hydroxyl groups is 2. The van der Waals surface area contributed by atoms with Crippen LogP contribution in [0.5, 0.6) is 0 Å². The first-order valence-corrected chi connectivity index (χ1v) is 30.1. The average molecular weight is 945 g/mol. The van der Waals surface area contributed by atoms with Crippen LogP contribution in [-0.2, 0) is 14.3 Å². The highest BCUT2D eigenvalue weighted by molar-refractivity contribution is 5.76. The van der Waals surface area contributed by atoms with Gasteiger partial charge in [0.2, 0.25) is 5.91 Å². The maximum absolute atomic E-state index is 12.5. The van der Waals surface area contributed by atoms with Gasteiger partial charge in [-0.25, -0.2) is 0 Å². The van der Waals surface area contributed by atoms with Crippen LogP contribution in [0, 0.1) is 0 Å². The van der Waals surface area contributed by atoms with Gasteiger partial charge in [-0.15, -0.1) is 0 Å². The summed E-state index contributed by atoms with van der Waals surface area (Å²) in [5, 5.41) is 23.2. The number of carbonyl (C=O) groups is 2. The topological polar surface area (TPSA) is 95.9 Å². The van der Waals surface area contributed by atoms with Crippen LogP contribution in [0.1, 0.15) is 328 Å². The first-order valence-electron chi connectivity index (χ1n) is 30.1. The minimum Gasteiger partial charge on any atom is -0.466 e. The van der Waals surface area contributed by atoms with E-state index in [4.69, 9.17) is 4.74 Å². The number of carbonyl (C=O) groups excluding carboxylic acids is 2. The summed E-state index contributed by atoms with van der Waals surface area (Å²) < 4.78 is 5.49. The van der Waals surface area contributed by atoms with Gasteiger partial charge in [-0.3, -0.25) is 9.59 Å². The lowest BCUT2D eigenvalue weighted by molar-refractivity contribution is -0.143. The highest BCUT2D eigenvalue weighted by Gasteiger charge is 2.20. The van der Waals surface area contributed by atoms with Crippen molar-refractivity contribution in [1.29, 1.82) is 0 Å². The van der Waals surface area contributed by atoms with Crippen LogP contribution in [-0.4, -0.2) is 47.4 Å². The Morgan fingerprint density at radius 3 is 1.06 bits per heavy atom. The number of hydrogen-bond acceptors (Lipinski definition) is 5. The molecule has 0 aliphatic carbocycles. The van der Waals surface area contributed by atoms with E-state index < -0.39 is 12.1 Å². The highest BCUT2D eigenvalue weighted by atomic mass is 16.5. The molecule has 0 aromatic carbocycles. The van der Waals surface area contributed by atoms with Crippen molar-refractivity contribution in [2.24, 2.45) is 0 Å². The molecule has 3 N–H and O–H groups in total. The number of ether oxygens (including phenoxy) is 1. The van der Waals surface area contributed by atoms with E-state index >= 15 is 0 Å². The second-order valence-electron chi connectivity index (χ2n) is 20.7. The van der Waals surface area contributed by atoms with E-state index in [0.29, 0.717) is 25.9 Å². The van der Waals surface area contributed by atoms with Crippen LogP contribution < -0.4 is 5.32 Å². The van der Waals surface area contributed by atoms with Gasteiger partial charge in [0.1, 0.15) is 0 Å². The van der Waals surface area contributed by atoms with Crippen molar-refractivity contribution in [2.45, 2.75) is 341 Å². The molecule has 2 unspecified atom stereocenters. The molecule has 0 fully saturated rings. The summed E-state index contributed by atoms with van der Waals surface area (Å²) in [4.78, 5) is 24.5. The number of unbranched alkanes of at least 4 members (excludes halogenated alkanes) is 41. The van der Waals surface area contributed by atoms with Crippen LogP contribution in [0.2, 0.25) is 0 Å². The summed E-state index contributed by atoms with van der Waals surface area (Å²) in [6, 6.07) is -0.548. The Kier molecular flexibility index (Phi) is 55.5. The fraction of sp³-hybridized carbons (Fsp3) is 0.902. The second kappa shape index (κ2) is 56.9. The lowest BCUT2D eigenvalue weighted by atomic mass is 10.0. The van der Waals surface area contributed by atoms with Gasteiger partial charge in [-0.2, -0.15) is 0 Å². The van der Waals surface area contributed by atoms with Crippen LogP contribution in [0.3, 0.4) is 0 Å². The van der Waals surface area contributed by atoms with E-state index in [1.807, 2.05) is 0 Å². The molecule has 396 valence electrons. The lowest BCUT2D eigenvalue weighted by Gasteiger charge is -2.22. The first-order chi connectivity index (χ1) is 33.0. The van der Waals surface area contributed by atoms with Crippen molar-refractivity contribution in [1.82, 2.24) is 5.32 Å². The van der Waals surface area contributed by atoms with Gasteiger partial charge in [0.25, 0.3) is 0 Å². The number of nitrogens with one attached hydrogen (secondary N) is 1. The third-order valence-electron chi connectivity index (χ3n) is 14.0. The first kappa shape index (κ1) is 65.3. The fourth-order valence-corrected chi connectivity index (χ4v) is 9.34. The summed E-state index contributed by atoms with van der Waals surface area (Å²) >= 11 is 0. The van der Waals surface area contributed by atoms with Crippen molar-refractivity contribution < 1.29 is 24.5 Å². The van der Waals surface area contributed by atoms with Crippen molar-refractivity contribution in [2.75, 3.05) is 13.2 Å². The second-order valence-corrected chi connectivity index (χ2v) is 20.7. The van der Waals surface area contributed by atoms with Gasteiger partial charge in [0.05, 0.1) is 25.4 Å². The van der Waals surface area contributed by atoms with Crippen LogP contribution >= 0.6 is 0 Å². The number of esters is 1. The molecule has 0 heterocycles. The highest BCUT2D eigenvalue weighted by Crippen LogP contribution is 2.17. The Balaban J connectivity index is 3.42. The molecular formula is C61H117NO5. The number of hydrogen-bond donors (Lipinski definition) is 3. The maximum Gasteiger partial charge on any atom is 0.305 e. The molecule has 0 aromatic rings. The summed E-state index contributed by atoms with van der Waals surface area (Å²) in [5.74, 6) is -0.0427. The molecule has 0 aliphatic heterocycles. The number of amides is 1. The zero-order valence-corrected chi connectivity index (χ0v) is 45.1. The molecule has 0 bridgehead atoms. The van der Waals surface area contributed by atoms with Crippen molar-refractivity contribution in [3.05, 3.63) is 24.3 Å². The zero-order valence-electron chi connectivity index (χ0n) is 45.1. The number of allylic oxidation sites excluding steroid dienone is 4. The molecule has 0 aromatic heterocycles. The van der Waals surface area contributed by atoms with Gasteiger partial charge in [0, 0.05) is 12.8 Å². The predicted molar refractivity (Wildman–Crippen MR) is 292 cm³/mol. The maximum atomic E-state index is 12.5. The predicted octanol–water partition coefficient (Wildman–Crippen LogP) is 18.6. The van der Waals surface area contributed by atoms with E-state index in [2.05, 4.69) is 43.5 Å². The van der Waals surface area contributed by atoms with E-state index in [1.54, 1.807) is 0 Å². The van der Waals surface area contributed by atoms with E-state index in [-0.39, 0.29) is 18.5 Å². The minimum atomic E-state index is -0.669. The van der Waals surface area contributed by atoms with Crippen molar-refractivity contribution in [3.8, 4) is 0 Å². The summed E-state index contributed by atoms with van der Waals surface area (Å²) in [5.41, 5.74) is 0. The summed E-state index contributed by atoms with van der Waals surface area (Å²) in [6.45, 7) is 4.95. The average Bonchev–Trinajstić information content (AvgIpc) is 3.33. The zero-order chi connectivity index (χ0) is 48.6. The van der Waals surface area contributed by atoms with Gasteiger partial charge in [-0.05, 0) is 77.0 Å². The Bertz CT molecular complexity index is 1040. The Morgan fingerprint density at radius 1 is 0.403 bits per heavy atom. The molecule has 0 saturated heterocycles. The van der Waals surface area contributed by atoms with Gasteiger partial charge in [-0.1, -0.05) is 263 Å². The Labute approximate surface area is 418 Å². The largest absolute Gasteiger partial charge is 0.466 e. The van der Waals surface area contributed by atoms with Gasteiger partial charge < -0.3 is 20.3 Å². The number of rotatable bonds is 56. The van der Waals surface area contributed by atoms with Gasteiger partial charge in [0.15, 0.2) is 0 Å². The van der Waals surface area contributed by atoms with Crippen LogP contribution in [0.4, 0.5) is 0 Å². The molecule has 0 rings (SSSR count). The molecule has 6 nitrogen and oxygen atoms in total. The third-order valence-corrected chi connectivity index (χ3v) is 14.0. The van der Waals surface area contributed by atoms with Gasteiger partial charge >= 0.3 is 5.97 Å². The molecule has 0 saturated carbocycles. The van der Waals surface area contributed by atoms with Crippen LogP contribution in [0.15, 0.2) is 24.3 Å². The molecule has 1 amide bonds. The lowest BCUT2D eigenvalue weighted by Crippen LogP contribution is -2.45. The standard InChI is InChI=1S/C61H117NO5/c1-3-5-7-9-11-13-15-17-18-19-24-27-31-35-39-43-47-51-55-61(66)67-56-52-48-44-40-36-32-28-25-22-20-21-23-26-30-34-38-42-46-50-54-60(65)62-58(57-63)59(64)53-49-45-41-37-33-29-16-14-12-10-8-6-4-2/h18-21,58-59,63-64H,3-17,22-57H2,1-2H3,(H,62,65)/b19-18-,21-20-.